The topological polar surface area (TPSA) is 57.6 Å². The van der Waals surface area contributed by atoms with Crippen molar-refractivity contribution in [3.05, 3.63) is 0 Å². The lowest BCUT2D eigenvalue weighted by atomic mass is 10.2. The van der Waals surface area contributed by atoms with Crippen LogP contribution in [0.4, 0.5) is 0 Å². The molecule has 4 heteroatoms. The van der Waals surface area contributed by atoms with Crippen molar-refractivity contribution < 1.29 is 14.7 Å². The van der Waals surface area contributed by atoms with Gasteiger partial charge in [-0.2, -0.15) is 0 Å². The maximum atomic E-state index is 10.9. The molecule has 2 aliphatic rings. The number of carbonyl (C=O) groups excluding carboxylic acids is 1. The second-order valence-electron chi connectivity index (χ2n) is 3.62. The van der Waals surface area contributed by atoms with E-state index in [0.29, 0.717) is 13.1 Å². The number of carbonyl (C=O) groups is 2. The van der Waals surface area contributed by atoms with Crippen LogP contribution in [-0.4, -0.2) is 35.0 Å². The van der Waals surface area contributed by atoms with Crippen molar-refractivity contribution in [1.82, 2.24) is 4.90 Å². The number of hydrogen-bond acceptors (Lipinski definition) is 2. The van der Waals surface area contributed by atoms with Gasteiger partial charge in [-0.25, -0.2) is 0 Å². The van der Waals surface area contributed by atoms with E-state index >= 15 is 0 Å². The Morgan fingerprint density at radius 1 is 1.33 bits per heavy atom. The summed E-state index contributed by atoms with van der Waals surface area (Å²) in [6.45, 7) is 2.83. The number of aliphatic carboxylic acids is 1. The number of carboxylic acids is 1. The third kappa shape index (κ3) is 0.906. The van der Waals surface area contributed by atoms with Crippen LogP contribution in [0.3, 0.4) is 0 Å². The second-order valence-corrected chi connectivity index (χ2v) is 3.62. The van der Waals surface area contributed by atoms with Gasteiger partial charge in [0, 0.05) is 20.0 Å². The molecule has 0 bridgehead atoms. The first-order valence-corrected chi connectivity index (χ1v) is 4.09. The van der Waals surface area contributed by atoms with E-state index in [1.54, 1.807) is 4.90 Å². The number of nitrogens with zero attached hydrogens (tertiary/aromatic N) is 1. The molecule has 1 amide bonds. The molecule has 12 heavy (non-hydrogen) atoms. The van der Waals surface area contributed by atoms with Gasteiger partial charge in [-0.1, -0.05) is 0 Å². The molecule has 0 radical (unpaired) electrons. The van der Waals surface area contributed by atoms with Crippen LogP contribution in [0.5, 0.6) is 0 Å². The Labute approximate surface area is 70.2 Å². The predicted octanol–water partition coefficient (Wildman–Crippen LogP) is -0.205. The first-order chi connectivity index (χ1) is 5.61. The molecule has 0 aromatic heterocycles. The molecule has 0 aromatic rings. The summed E-state index contributed by atoms with van der Waals surface area (Å²) in [6, 6.07) is 0. The molecule has 2 rings (SSSR count). The Kier molecular flexibility index (Phi) is 1.40. The average molecular weight is 169 g/mol. The van der Waals surface area contributed by atoms with E-state index in [-0.39, 0.29) is 23.7 Å². The summed E-state index contributed by atoms with van der Waals surface area (Å²) in [6.07, 6.45) is 0. The zero-order valence-electron chi connectivity index (χ0n) is 6.86. The number of hydrogen-bond donors (Lipinski definition) is 1. The van der Waals surface area contributed by atoms with Gasteiger partial charge in [0.15, 0.2) is 0 Å². The van der Waals surface area contributed by atoms with Crippen molar-refractivity contribution in [3.8, 4) is 0 Å². The summed E-state index contributed by atoms with van der Waals surface area (Å²) in [7, 11) is 0. The first-order valence-electron chi connectivity index (χ1n) is 4.09. The van der Waals surface area contributed by atoms with Crippen molar-refractivity contribution in [2.45, 2.75) is 6.92 Å². The van der Waals surface area contributed by atoms with Crippen molar-refractivity contribution in [3.63, 3.8) is 0 Å². The molecule has 1 saturated heterocycles. The maximum absolute atomic E-state index is 10.9. The molecule has 3 atom stereocenters. The smallest absolute Gasteiger partial charge is 0.307 e. The van der Waals surface area contributed by atoms with Gasteiger partial charge >= 0.3 is 5.97 Å². The Bertz CT molecular complexity index is 227. The third-order valence-corrected chi connectivity index (χ3v) is 2.92. The Balaban J connectivity index is 1.94. The largest absolute Gasteiger partial charge is 0.481 e. The highest BCUT2D eigenvalue weighted by Crippen LogP contribution is 2.51. The fourth-order valence-electron chi connectivity index (χ4n) is 2.15. The van der Waals surface area contributed by atoms with E-state index in [2.05, 4.69) is 0 Å². The number of piperidine rings is 1. The summed E-state index contributed by atoms with van der Waals surface area (Å²) in [5.74, 6) is -0.321. The minimum absolute atomic E-state index is 0.0614. The van der Waals surface area contributed by atoms with E-state index in [1.165, 1.54) is 6.92 Å². The molecule has 1 unspecified atom stereocenters. The summed E-state index contributed by atoms with van der Waals surface area (Å²) in [5, 5.41) is 8.68. The Morgan fingerprint density at radius 3 is 2.17 bits per heavy atom. The molecule has 66 valence electrons. The summed E-state index contributed by atoms with van der Waals surface area (Å²) < 4.78 is 0. The van der Waals surface area contributed by atoms with Gasteiger partial charge in [-0.15, -0.1) is 0 Å². The van der Waals surface area contributed by atoms with Crippen LogP contribution in [0.2, 0.25) is 0 Å². The highest BCUT2D eigenvalue weighted by Gasteiger charge is 2.60. The predicted molar refractivity (Wildman–Crippen MR) is 40.4 cm³/mol. The number of amides is 1. The van der Waals surface area contributed by atoms with Gasteiger partial charge in [0.05, 0.1) is 5.92 Å². The molecule has 0 spiro atoms. The molecule has 4 nitrogen and oxygen atoms in total. The summed E-state index contributed by atoms with van der Waals surface area (Å²) in [4.78, 5) is 23.1. The van der Waals surface area contributed by atoms with Gasteiger partial charge in [-0.3, -0.25) is 9.59 Å². The van der Waals surface area contributed by atoms with Crippen molar-refractivity contribution in [2.75, 3.05) is 13.1 Å². The normalized spacial score (nSPS) is 37.8. The lowest BCUT2D eigenvalue weighted by Gasteiger charge is -2.16. The van der Waals surface area contributed by atoms with E-state index in [0.717, 1.165) is 0 Å². The van der Waals surface area contributed by atoms with Gasteiger partial charge in [0.25, 0.3) is 0 Å². The quantitative estimate of drug-likeness (QED) is 0.591. The van der Waals surface area contributed by atoms with Crippen LogP contribution in [-0.2, 0) is 9.59 Å². The molecule has 0 aromatic carbocycles. The van der Waals surface area contributed by atoms with E-state index in [4.69, 9.17) is 5.11 Å². The van der Waals surface area contributed by atoms with Crippen LogP contribution in [0.25, 0.3) is 0 Å². The van der Waals surface area contributed by atoms with Crippen LogP contribution in [0.1, 0.15) is 6.92 Å². The molecule has 1 aliphatic carbocycles. The van der Waals surface area contributed by atoms with Crippen LogP contribution >= 0.6 is 0 Å². The number of likely N-dealkylation sites (tertiary alicyclic amines) is 1. The standard InChI is InChI=1S/C8H11NO3/c1-4(10)9-2-5-6(3-9)7(5)8(11)12/h5-7H,2-3H2,1H3,(H,11,12)/t5-,6+,7?. The van der Waals surface area contributed by atoms with Crippen LogP contribution < -0.4 is 0 Å². The Morgan fingerprint density at radius 2 is 1.83 bits per heavy atom. The minimum atomic E-state index is -0.701. The van der Waals surface area contributed by atoms with Gasteiger partial charge < -0.3 is 10.0 Å². The highest BCUT2D eigenvalue weighted by molar-refractivity contribution is 5.78. The number of fused-ring (bicyclic) bond motifs is 1. The van der Waals surface area contributed by atoms with Gasteiger partial charge in [0.2, 0.25) is 5.91 Å². The maximum Gasteiger partial charge on any atom is 0.307 e. The molecule has 1 aliphatic heterocycles. The minimum Gasteiger partial charge on any atom is -0.481 e. The molecular weight excluding hydrogens is 158 g/mol. The van der Waals surface area contributed by atoms with E-state index < -0.39 is 5.97 Å². The van der Waals surface area contributed by atoms with Gasteiger partial charge in [0.1, 0.15) is 0 Å². The van der Waals surface area contributed by atoms with Crippen molar-refractivity contribution in [1.29, 1.82) is 0 Å². The number of carboxylic acid groups (broad SMARTS) is 1. The molecule has 1 N–H and O–H groups in total. The van der Waals surface area contributed by atoms with Crippen LogP contribution in [0, 0.1) is 17.8 Å². The average Bonchev–Trinajstić information content (AvgIpc) is 2.48. The zero-order chi connectivity index (χ0) is 8.88. The molecule has 2 fully saturated rings. The molecular formula is C8H11NO3. The van der Waals surface area contributed by atoms with Crippen LogP contribution in [0.15, 0.2) is 0 Å². The lowest BCUT2D eigenvalue weighted by molar-refractivity contribution is -0.140. The zero-order valence-corrected chi connectivity index (χ0v) is 6.86. The highest BCUT2D eigenvalue weighted by atomic mass is 16.4. The van der Waals surface area contributed by atoms with Crippen molar-refractivity contribution >= 4 is 11.9 Å². The second kappa shape index (κ2) is 2.21. The SMILES string of the molecule is CC(=O)N1C[C@@H]2C(C(=O)O)[C@@H]2C1. The Hall–Kier alpha value is -1.06. The molecule has 1 heterocycles. The number of rotatable bonds is 1. The van der Waals surface area contributed by atoms with E-state index in [9.17, 15) is 9.59 Å². The first kappa shape index (κ1) is 7.58. The molecule has 1 saturated carbocycles. The van der Waals surface area contributed by atoms with Crippen molar-refractivity contribution in [2.24, 2.45) is 17.8 Å². The monoisotopic (exact) mass is 169 g/mol. The fourth-order valence-corrected chi connectivity index (χ4v) is 2.15. The fraction of sp³-hybridized carbons (Fsp3) is 0.750. The van der Waals surface area contributed by atoms with Gasteiger partial charge in [-0.05, 0) is 11.8 Å². The summed E-state index contributed by atoms with van der Waals surface area (Å²) in [5.41, 5.74) is 0. The summed E-state index contributed by atoms with van der Waals surface area (Å²) >= 11 is 0. The van der Waals surface area contributed by atoms with E-state index in [1.807, 2.05) is 0 Å². The lowest BCUT2D eigenvalue weighted by Crippen LogP contribution is -2.30. The third-order valence-electron chi connectivity index (χ3n) is 2.92.